The predicted octanol–water partition coefficient (Wildman–Crippen LogP) is 4.19. The second-order valence-electron chi connectivity index (χ2n) is 6.90. The summed E-state index contributed by atoms with van der Waals surface area (Å²) in [6.45, 7) is 2.98. The molecule has 0 aliphatic rings. The lowest BCUT2D eigenvalue weighted by Crippen LogP contribution is -2.37. The van der Waals surface area contributed by atoms with Gasteiger partial charge in [0.25, 0.3) is 0 Å². The van der Waals surface area contributed by atoms with Crippen molar-refractivity contribution < 1.29 is 19.1 Å². The van der Waals surface area contributed by atoms with Crippen LogP contribution in [0.15, 0.2) is 82.4 Å². The molecule has 0 bridgehead atoms. The standard InChI is InChI=1S/C25H24BrN3O4/c1-2-32-22-14-20(13-21(26)23(22)33-17-19-11-7-4-8-12-19)16-28-29-25(31)24(30)27-15-18-9-5-3-6-10-18/h3-14,16H,2,15,17H2,1H3,(H,27,30)(H,29,31)/b28-16+. The van der Waals surface area contributed by atoms with Crippen LogP contribution >= 0.6 is 15.9 Å². The number of hydrazone groups is 1. The fraction of sp³-hybridized carbons (Fsp3) is 0.160. The van der Waals surface area contributed by atoms with Crippen LogP contribution in [0.25, 0.3) is 0 Å². The Bertz CT molecular complexity index is 1110. The molecule has 0 heterocycles. The van der Waals surface area contributed by atoms with Crippen LogP contribution in [-0.4, -0.2) is 24.6 Å². The van der Waals surface area contributed by atoms with Crippen LogP contribution in [-0.2, 0) is 22.7 Å². The zero-order valence-electron chi connectivity index (χ0n) is 18.1. The van der Waals surface area contributed by atoms with E-state index in [0.29, 0.717) is 34.7 Å². The highest BCUT2D eigenvalue weighted by Crippen LogP contribution is 2.37. The molecule has 2 N–H and O–H groups in total. The number of nitrogens with one attached hydrogen (secondary N) is 2. The summed E-state index contributed by atoms with van der Waals surface area (Å²) in [5.41, 5.74) is 4.81. The third-order valence-electron chi connectivity index (χ3n) is 4.44. The summed E-state index contributed by atoms with van der Waals surface area (Å²) < 4.78 is 12.4. The van der Waals surface area contributed by atoms with Gasteiger partial charge in [-0.1, -0.05) is 60.7 Å². The van der Waals surface area contributed by atoms with E-state index in [4.69, 9.17) is 9.47 Å². The number of rotatable bonds is 9. The van der Waals surface area contributed by atoms with E-state index in [1.807, 2.05) is 67.6 Å². The van der Waals surface area contributed by atoms with Gasteiger partial charge >= 0.3 is 11.8 Å². The number of halogens is 1. The molecule has 0 aliphatic carbocycles. The van der Waals surface area contributed by atoms with E-state index >= 15 is 0 Å². The number of amides is 2. The normalized spacial score (nSPS) is 10.6. The van der Waals surface area contributed by atoms with Crippen molar-refractivity contribution in [3.8, 4) is 11.5 Å². The first-order valence-corrected chi connectivity index (χ1v) is 11.1. The molecule has 0 saturated heterocycles. The van der Waals surface area contributed by atoms with Gasteiger partial charge in [0.05, 0.1) is 17.3 Å². The van der Waals surface area contributed by atoms with Crippen molar-refractivity contribution in [1.29, 1.82) is 0 Å². The molecule has 8 heteroatoms. The molecule has 0 atom stereocenters. The van der Waals surface area contributed by atoms with Crippen LogP contribution in [0, 0.1) is 0 Å². The zero-order chi connectivity index (χ0) is 23.5. The lowest BCUT2D eigenvalue weighted by Gasteiger charge is -2.14. The topological polar surface area (TPSA) is 89.0 Å². The van der Waals surface area contributed by atoms with E-state index in [9.17, 15) is 9.59 Å². The summed E-state index contributed by atoms with van der Waals surface area (Å²) in [4.78, 5) is 23.9. The van der Waals surface area contributed by atoms with E-state index in [-0.39, 0.29) is 6.54 Å². The van der Waals surface area contributed by atoms with Gasteiger partial charge in [-0.05, 0) is 51.7 Å². The second-order valence-corrected chi connectivity index (χ2v) is 7.76. The molecule has 0 fully saturated rings. The molecule has 0 unspecified atom stereocenters. The van der Waals surface area contributed by atoms with Gasteiger partial charge in [-0.15, -0.1) is 0 Å². The minimum Gasteiger partial charge on any atom is -0.490 e. The maximum atomic E-state index is 12.0. The van der Waals surface area contributed by atoms with Gasteiger partial charge in [-0.2, -0.15) is 5.10 Å². The summed E-state index contributed by atoms with van der Waals surface area (Å²) in [5, 5.41) is 6.43. The van der Waals surface area contributed by atoms with Gasteiger partial charge in [0.2, 0.25) is 0 Å². The third kappa shape index (κ3) is 7.47. The Kier molecular flexibility index (Phi) is 9.02. The van der Waals surface area contributed by atoms with Crippen LogP contribution in [0.3, 0.4) is 0 Å². The molecule has 0 aromatic heterocycles. The van der Waals surface area contributed by atoms with Gasteiger partial charge < -0.3 is 14.8 Å². The number of nitrogens with zero attached hydrogens (tertiary/aromatic N) is 1. The van der Waals surface area contributed by atoms with Crippen molar-refractivity contribution in [2.75, 3.05) is 6.61 Å². The molecule has 0 radical (unpaired) electrons. The van der Waals surface area contributed by atoms with E-state index < -0.39 is 11.8 Å². The van der Waals surface area contributed by atoms with Crippen LogP contribution in [0.2, 0.25) is 0 Å². The molecule has 3 aromatic carbocycles. The van der Waals surface area contributed by atoms with Crippen LogP contribution < -0.4 is 20.2 Å². The number of benzene rings is 3. The Hall–Kier alpha value is -3.65. The molecule has 7 nitrogen and oxygen atoms in total. The highest BCUT2D eigenvalue weighted by molar-refractivity contribution is 9.10. The first-order valence-electron chi connectivity index (χ1n) is 10.3. The molecule has 0 aliphatic heterocycles. The lowest BCUT2D eigenvalue weighted by atomic mass is 10.2. The number of hydrogen-bond donors (Lipinski definition) is 2. The first-order chi connectivity index (χ1) is 16.1. The molecule has 0 spiro atoms. The average molecular weight is 510 g/mol. The molecule has 3 rings (SSSR count). The first kappa shape index (κ1) is 24.0. The number of carbonyl (C=O) groups excluding carboxylic acids is 2. The zero-order valence-corrected chi connectivity index (χ0v) is 19.7. The second kappa shape index (κ2) is 12.4. The van der Waals surface area contributed by atoms with E-state index in [0.717, 1.165) is 11.1 Å². The quantitative estimate of drug-likeness (QED) is 0.257. The Morgan fingerprint density at radius 1 is 0.939 bits per heavy atom. The Balaban J connectivity index is 1.60. The van der Waals surface area contributed by atoms with Gasteiger partial charge in [0, 0.05) is 6.54 Å². The van der Waals surface area contributed by atoms with Gasteiger partial charge in [0.1, 0.15) is 6.61 Å². The summed E-state index contributed by atoms with van der Waals surface area (Å²) in [7, 11) is 0. The minimum absolute atomic E-state index is 0.256. The average Bonchev–Trinajstić information content (AvgIpc) is 2.83. The summed E-state index contributed by atoms with van der Waals surface area (Å²) in [6, 6.07) is 22.7. The molecule has 3 aromatic rings. The Labute approximate surface area is 200 Å². The van der Waals surface area contributed by atoms with Crippen molar-refractivity contribution in [1.82, 2.24) is 10.7 Å². The molecule has 2 amide bonds. The largest absolute Gasteiger partial charge is 0.490 e. The monoisotopic (exact) mass is 509 g/mol. The fourth-order valence-electron chi connectivity index (χ4n) is 2.87. The maximum absolute atomic E-state index is 12.0. The van der Waals surface area contributed by atoms with E-state index in [2.05, 4.69) is 31.8 Å². The van der Waals surface area contributed by atoms with Crippen molar-refractivity contribution in [3.63, 3.8) is 0 Å². The number of carbonyl (C=O) groups is 2. The predicted molar refractivity (Wildman–Crippen MR) is 130 cm³/mol. The summed E-state index contributed by atoms with van der Waals surface area (Å²) in [6.07, 6.45) is 1.43. The SMILES string of the molecule is CCOc1cc(/C=N/NC(=O)C(=O)NCc2ccccc2)cc(Br)c1OCc1ccccc1. The van der Waals surface area contributed by atoms with Crippen molar-refractivity contribution >= 4 is 34.0 Å². The van der Waals surface area contributed by atoms with Gasteiger partial charge in [0.15, 0.2) is 11.5 Å². The highest BCUT2D eigenvalue weighted by Gasteiger charge is 2.14. The van der Waals surface area contributed by atoms with Crippen molar-refractivity contribution in [2.45, 2.75) is 20.1 Å². The molecule has 33 heavy (non-hydrogen) atoms. The van der Waals surface area contributed by atoms with Crippen LogP contribution in [0.4, 0.5) is 0 Å². The Morgan fingerprint density at radius 2 is 1.61 bits per heavy atom. The summed E-state index contributed by atoms with van der Waals surface area (Å²) in [5.74, 6) is -0.510. The minimum atomic E-state index is -0.853. The maximum Gasteiger partial charge on any atom is 0.329 e. The van der Waals surface area contributed by atoms with Crippen molar-refractivity contribution in [3.05, 3.63) is 94.0 Å². The van der Waals surface area contributed by atoms with E-state index in [1.165, 1.54) is 6.21 Å². The van der Waals surface area contributed by atoms with E-state index in [1.54, 1.807) is 12.1 Å². The Morgan fingerprint density at radius 3 is 2.27 bits per heavy atom. The third-order valence-corrected chi connectivity index (χ3v) is 5.03. The van der Waals surface area contributed by atoms with Crippen molar-refractivity contribution in [2.24, 2.45) is 5.10 Å². The summed E-state index contributed by atoms with van der Waals surface area (Å²) >= 11 is 3.51. The number of ether oxygens (including phenoxy) is 2. The highest BCUT2D eigenvalue weighted by atomic mass is 79.9. The molecule has 170 valence electrons. The van der Waals surface area contributed by atoms with Crippen LogP contribution in [0.1, 0.15) is 23.6 Å². The van der Waals surface area contributed by atoms with Gasteiger partial charge in [-0.25, -0.2) is 5.43 Å². The number of hydrogen-bond acceptors (Lipinski definition) is 5. The molecular weight excluding hydrogens is 486 g/mol. The smallest absolute Gasteiger partial charge is 0.329 e. The molecular formula is C25H24BrN3O4. The van der Waals surface area contributed by atoms with Gasteiger partial charge in [-0.3, -0.25) is 9.59 Å². The fourth-order valence-corrected chi connectivity index (χ4v) is 3.44. The van der Waals surface area contributed by atoms with Crippen LogP contribution in [0.5, 0.6) is 11.5 Å². The lowest BCUT2D eigenvalue weighted by molar-refractivity contribution is -0.139. The molecule has 0 saturated carbocycles.